The summed E-state index contributed by atoms with van der Waals surface area (Å²) in [6.07, 6.45) is 2.41. The molecule has 1 unspecified atom stereocenters. The van der Waals surface area contributed by atoms with Gasteiger partial charge in [0.05, 0.1) is 18.9 Å². The van der Waals surface area contributed by atoms with Crippen LogP contribution in [0.5, 0.6) is 0 Å². The Balaban J connectivity index is 2.46. The first-order valence-electron chi connectivity index (χ1n) is 14.0. The van der Waals surface area contributed by atoms with Gasteiger partial charge in [-0.05, 0) is 43.6 Å². The van der Waals surface area contributed by atoms with E-state index in [0.717, 1.165) is 11.1 Å². The van der Waals surface area contributed by atoms with E-state index in [1.54, 1.807) is 0 Å². The molecule has 13 nitrogen and oxygen atoms in total. The van der Waals surface area contributed by atoms with Gasteiger partial charge in [-0.3, -0.25) is 29.0 Å². The summed E-state index contributed by atoms with van der Waals surface area (Å²) in [5.74, 6) is -4.69. The number of benzene rings is 1. The zero-order valence-electron chi connectivity index (χ0n) is 24.4. The molecule has 0 bridgehead atoms. The minimum Gasteiger partial charge on any atom is -0.481 e. The molecule has 4 atom stereocenters. The van der Waals surface area contributed by atoms with Crippen LogP contribution in [0.4, 0.5) is 0 Å². The molecule has 4 amide bonds. The van der Waals surface area contributed by atoms with Crippen LogP contribution < -0.4 is 32.7 Å². The summed E-state index contributed by atoms with van der Waals surface area (Å²) in [6, 6.07) is 7.28. The highest BCUT2D eigenvalue weighted by atomic mass is 16.4. The normalized spacial score (nSPS) is 24.0. The third-order valence-corrected chi connectivity index (χ3v) is 6.85. The predicted octanol–water partition coefficient (Wildman–Crippen LogP) is -0.192. The van der Waals surface area contributed by atoms with Crippen molar-refractivity contribution in [3.8, 4) is 0 Å². The highest BCUT2D eigenvalue weighted by molar-refractivity contribution is 5.94. The number of aliphatic carboxylic acids is 1. The van der Waals surface area contributed by atoms with E-state index in [1.807, 2.05) is 57.2 Å². The van der Waals surface area contributed by atoms with Crippen LogP contribution in [0.15, 0.2) is 47.0 Å². The molecule has 1 aromatic carbocycles. The molecule has 0 saturated carbocycles. The van der Waals surface area contributed by atoms with Gasteiger partial charge in [0.2, 0.25) is 23.6 Å². The molecular formula is C29H43N7O6. The van der Waals surface area contributed by atoms with Gasteiger partial charge < -0.3 is 37.8 Å². The maximum Gasteiger partial charge on any atom is 0.305 e. The second kappa shape index (κ2) is 16.7. The molecule has 0 fully saturated rings. The Labute approximate surface area is 246 Å². The van der Waals surface area contributed by atoms with Crippen molar-refractivity contribution in [3.63, 3.8) is 0 Å². The lowest BCUT2D eigenvalue weighted by molar-refractivity contribution is -0.140. The number of carbonyl (C=O) groups excluding carboxylic acids is 4. The van der Waals surface area contributed by atoms with E-state index in [9.17, 15) is 29.1 Å². The van der Waals surface area contributed by atoms with Crippen molar-refractivity contribution in [1.29, 1.82) is 0 Å². The smallest absolute Gasteiger partial charge is 0.305 e. The number of rotatable bonds is 9. The van der Waals surface area contributed by atoms with Crippen LogP contribution in [0.3, 0.4) is 0 Å². The number of nitrogens with two attached hydrogens (primary N) is 2. The fourth-order valence-corrected chi connectivity index (χ4v) is 4.93. The molecule has 0 aromatic heterocycles. The number of nitrogens with one attached hydrogen (secondary N) is 4. The van der Waals surface area contributed by atoms with Gasteiger partial charge in [-0.15, -0.1) is 0 Å². The van der Waals surface area contributed by atoms with Crippen LogP contribution in [0.1, 0.15) is 45.6 Å². The fraction of sp³-hybridized carbons (Fsp3) is 0.517. The van der Waals surface area contributed by atoms with Crippen molar-refractivity contribution in [3.05, 3.63) is 47.5 Å². The van der Waals surface area contributed by atoms with Crippen molar-refractivity contribution in [1.82, 2.24) is 21.3 Å². The van der Waals surface area contributed by atoms with E-state index in [-0.39, 0.29) is 43.2 Å². The molecule has 1 aliphatic rings. The van der Waals surface area contributed by atoms with Gasteiger partial charge >= 0.3 is 5.97 Å². The summed E-state index contributed by atoms with van der Waals surface area (Å²) >= 11 is 0. The molecule has 0 radical (unpaired) electrons. The maximum atomic E-state index is 13.6. The number of carboxylic acid groups (broad SMARTS) is 1. The van der Waals surface area contributed by atoms with Crippen LogP contribution in [0.2, 0.25) is 0 Å². The third-order valence-electron chi connectivity index (χ3n) is 6.85. The summed E-state index contributed by atoms with van der Waals surface area (Å²) in [4.78, 5) is 67.7. The lowest BCUT2D eigenvalue weighted by Crippen LogP contribution is -2.54. The first-order chi connectivity index (χ1) is 19.9. The zero-order chi connectivity index (χ0) is 31.2. The predicted molar refractivity (Wildman–Crippen MR) is 158 cm³/mol. The highest BCUT2D eigenvalue weighted by Gasteiger charge is 2.30. The topological polar surface area (TPSA) is 218 Å². The third kappa shape index (κ3) is 11.6. The number of amides is 4. The Morgan fingerprint density at radius 3 is 2.29 bits per heavy atom. The molecular weight excluding hydrogens is 542 g/mol. The molecule has 9 N–H and O–H groups in total. The van der Waals surface area contributed by atoms with Crippen molar-refractivity contribution >= 4 is 35.6 Å². The van der Waals surface area contributed by atoms with Crippen LogP contribution in [0, 0.1) is 17.8 Å². The first-order valence-corrected chi connectivity index (χ1v) is 14.0. The number of carbonyl (C=O) groups is 5. The maximum absolute atomic E-state index is 13.6. The van der Waals surface area contributed by atoms with Crippen LogP contribution in [-0.4, -0.2) is 72.4 Å². The molecule has 0 aliphatic carbocycles. The average Bonchev–Trinajstić information content (AvgIpc) is 2.91. The summed E-state index contributed by atoms with van der Waals surface area (Å²) in [5.41, 5.74) is 12.5. The summed E-state index contributed by atoms with van der Waals surface area (Å²) in [6.45, 7) is 5.51. The molecule has 0 saturated heterocycles. The Morgan fingerprint density at radius 1 is 1.00 bits per heavy atom. The summed E-state index contributed by atoms with van der Waals surface area (Å²) in [7, 11) is 0. The molecule has 1 aliphatic heterocycles. The molecule has 230 valence electrons. The molecule has 1 aromatic rings. The molecule has 0 spiro atoms. The van der Waals surface area contributed by atoms with E-state index in [1.165, 1.54) is 0 Å². The number of hydrogen-bond acceptors (Lipinski definition) is 6. The average molecular weight is 586 g/mol. The zero-order valence-corrected chi connectivity index (χ0v) is 24.4. The quantitative estimate of drug-likeness (QED) is 0.0889. The largest absolute Gasteiger partial charge is 0.481 e. The summed E-state index contributed by atoms with van der Waals surface area (Å²) < 4.78 is 0. The van der Waals surface area contributed by atoms with E-state index in [2.05, 4.69) is 26.3 Å². The Kier molecular flexibility index (Phi) is 13.5. The Bertz CT molecular complexity index is 1160. The van der Waals surface area contributed by atoms with Gasteiger partial charge in [0, 0.05) is 13.1 Å². The number of hydrogen-bond donors (Lipinski definition) is 7. The Hall–Kier alpha value is -4.42. The van der Waals surface area contributed by atoms with Gasteiger partial charge in [-0.1, -0.05) is 55.8 Å². The van der Waals surface area contributed by atoms with Crippen LogP contribution >= 0.6 is 0 Å². The summed E-state index contributed by atoms with van der Waals surface area (Å²) in [5, 5.41) is 19.8. The molecule has 42 heavy (non-hydrogen) atoms. The second-order valence-electron chi connectivity index (χ2n) is 10.8. The van der Waals surface area contributed by atoms with Gasteiger partial charge in [-0.25, -0.2) is 0 Å². The molecule has 13 heteroatoms. The van der Waals surface area contributed by atoms with Gasteiger partial charge in [-0.2, -0.15) is 0 Å². The molecule has 2 rings (SSSR count). The van der Waals surface area contributed by atoms with Crippen LogP contribution in [-0.2, 0) is 30.4 Å². The lowest BCUT2D eigenvalue weighted by atomic mass is 9.85. The van der Waals surface area contributed by atoms with Crippen molar-refractivity contribution < 1.29 is 29.1 Å². The van der Waals surface area contributed by atoms with E-state index >= 15 is 0 Å². The van der Waals surface area contributed by atoms with Crippen LogP contribution in [0.25, 0.3) is 0 Å². The number of nitrogens with zero attached hydrogens (tertiary/aromatic N) is 1. The monoisotopic (exact) mass is 585 g/mol. The second-order valence-corrected chi connectivity index (χ2v) is 10.8. The standard InChI is InChI=1S/C29H43N7O6/c1-17(2)25-18(3)12-20(13-19-8-5-4-6-9-19)15-33-27(41)22(14-24(38)39)35-23(37)16-34-26(40)21(36-28(25)42)10-7-11-32-29(30)31/h4-6,8-9,12,17,20-22,25H,7,10-11,13-16H2,1-3H3,(H,33,41)(H,34,40)(H,35,37)(H,36,42)(H,38,39)(H4,30,31,32)/b18-12+/t20-,21-,22?,25+/m0/s1. The lowest BCUT2D eigenvalue weighted by Gasteiger charge is -2.27. The first kappa shape index (κ1) is 33.8. The van der Waals surface area contributed by atoms with Crippen molar-refractivity contribution in [2.45, 2.75) is 58.5 Å². The Morgan fingerprint density at radius 2 is 1.67 bits per heavy atom. The van der Waals surface area contributed by atoms with E-state index < -0.39 is 54.7 Å². The van der Waals surface area contributed by atoms with Gasteiger partial charge in [0.15, 0.2) is 5.96 Å². The van der Waals surface area contributed by atoms with Crippen molar-refractivity contribution in [2.75, 3.05) is 19.6 Å². The van der Waals surface area contributed by atoms with Gasteiger partial charge in [0.25, 0.3) is 0 Å². The van der Waals surface area contributed by atoms with Crippen molar-refractivity contribution in [2.24, 2.45) is 34.2 Å². The van der Waals surface area contributed by atoms with E-state index in [4.69, 9.17) is 11.5 Å². The minimum absolute atomic E-state index is 0.0937. The van der Waals surface area contributed by atoms with Gasteiger partial charge in [0.1, 0.15) is 12.1 Å². The number of aliphatic imine (C=N–C) groups is 1. The number of carboxylic acids is 1. The minimum atomic E-state index is -1.35. The van der Waals surface area contributed by atoms with E-state index in [0.29, 0.717) is 12.8 Å². The fourth-order valence-electron chi connectivity index (χ4n) is 4.93. The number of guanidine groups is 1. The SMILES string of the molecule is C/C1=C\[C@@H](Cc2ccccc2)CNC(=O)C(CC(=O)O)NC(=O)CNC(=O)[C@H](CCCN=C(N)N)NC(=O)[C@@H]1C(C)C. The highest BCUT2D eigenvalue weighted by Crippen LogP contribution is 2.24. The molecule has 1 heterocycles.